The Morgan fingerprint density at radius 3 is 2.50 bits per heavy atom. The van der Waals surface area contributed by atoms with Crippen molar-refractivity contribution in [2.24, 2.45) is 11.3 Å². The van der Waals surface area contributed by atoms with Crippen molar-refractivity contribution in [3.63, 3.8) is 0 Å². The lowest BCUT2D eigenvalue weighted by atomic mass is 10.0. The Bertz CT molecular complexity index is 644. The van der Waals surface area contributed by atoms with Gasteiger partial charge in [0, 0.05) is 12.2 Å². The van der Waals surface area contributed by atoms with Crippen LogP contribution in [0, 0.1) is 25.2 Å². The topological polar surface area (TPSA) is 72.2 Å². The Morgan fingerprint density at radius 1 is 1.30 bits per heavy atom. The zero-order valence-corrected chi connectivity index (χ0v) is 12.9. The summed E-state index contributed by atoms with van der Waals surface area (Å²) < 4.78 is 27.8. The summed E-state index contributed by atoms with van der Waals surface area (Å²) >= 11 is 0. The summed E-state index contributed by atoms with van der Waals surface area (Å²) in [4.78, 5) is 0.321. The van der Waals surface area contributed by atoms with E-state index >= 15 is 0 Å². The minimum atomic E-state index is -3.46. The third-order valence-corrected chi connectivity index (χ3v) is 6.31. The Morgan fingerprint density at radius 2 is 1.95 bits per heavy atom. The number of nitrogens with two attached hydrogens (primary N) is 1. The number of nitrogen functional groups attached to an aromatic ring is 1. The van der Waals surface area contributed by atoms with Crippen molar-refractivity contribution in [2.75, 3.05) is 12.3 Å². The number of rotatable bonds is 5. The second-order valence-electron chi connectivity index (χ2n) is 6.44. The van der Waals surface area contributed by atoms with Crippen LogP contribution in [0.15, 0.2) is 17.0 Å². The fourth-order valence-electron chi connectivity index (χ4n) is 3.03. The highest BCUT2D eigenvalue weighted by molar-refractivity contribution is 7.89. The minimum absolute atomic E-state index is 0.260. The van der Waals surface area contributed by atoms with Gasteiger partial charge in [-0.15, -0.1) is 0 Å². The standard InChI is InChI=1S/C15H22N2O2S/c1-10-7-13(16)11(2)14(8-10)20(18,19)17-9-15(5-6-15)12-3-4-12/h7-8,12,17H,3-6,9,16H2,1-2H3. The molecular weight excluding hydrogens is 272 g/mol. The number of sulfonamides is 1. The van der Waals surface area contributed by atoms with Crippen LogP contribution in [-0.2, 0) is 10.0 Å². The molecule has 3 rings (SSSR count). The molecule has 0 unspecified atom stereocenters. The summed E-state index contributed by atoms with van der Waals surface area (Å²) in [6.07, 6.45) is 4.85. The van der Waals surface area contributed by atoms with Gasteiger partial charge in [-0.3, -0.25) is 0 Å². The Labute approximate surface area is 120 Å². The Hall–Kier alpha value is -1.07. The molecule has 0 saturated heterocycles. The number of benzene rings is 1. The maximum atomic E-state index is 12.5. The number of hydrogen-bond donors (Lipinski definition) is 2. The van der Waals surface area contributed by atoms with Crippen molar-refractivity contribution in [3.8, 4) is 0 Å². The van der Waals surface area contributed by atoms with E-state index in [1.165, 1.54) is 12.8 Å². The molecule has 2 saturated carbocycles. The average molecular weight is 294 g/mol. The second-order valence-corrected chi connectivity index (χ2v) is 8.17. The zero-order valence-electron chi connectivity index (χ0n) is 12.1. The summed E-state index contributed by atoms with van der Waals surface area (Å²) in [6, 6.07) is 3.51. The van der Waals surface area contributed by atoms with Crippen LogP contribution in [0.25, 0.3) is 0 Å². The molecule has 2 fully saturated rings. The predicted octanol–water partition coefficient (Wildman–Crippen LogP) is 2.35. The first kappa shape index (κ1) is 13.9. The third kappa shape index (κ3) is 2.44. The van der Waals surface area contributed by atoms with Gasteiger partial charge >= 0.3 is 0 Å². The van der Waals surface area contributed by atoms with Crippen molar-refractivity contribution in [1.82, 2.24) is 4.72 Å². The van der Waals surface area contributed by atoms with Crippen LogP contribution >= 0.6 is 0 Å². The van der Waals surface area contributed by atoms with Crippen LogP contribution in [-0.4, -0.2) is 15.0 Å². The molecule has 1 aromatic carbocycles. The minimum Gasteiger partial charge on any atom is -0.398 e. The second kappa shape index (κ2) is 4.46. The molecule has 4 nitrogen and oxygen atoms in total. The largest absolute Gasteiger partial charge is 0.398 e. The first-order valence-corrected chi connectivity index (χ1v) is 8.69. The molecule has 1 aromatic rings. The van der Waals surface area contributed by atoms with Crippen molar-refractivity contribution in [2.45, 2.75) is 44.4 Å². The van der Waals surface area contributed by atoms with Crippen LogP contribution < -0.4 is 10.5 Å². The highest BCUT2D eigenvalue weighted by Crippen LogP contribution is 2.60. The Kier molecular flexibility index (Phi) is 3.10. The SMILES string of the molecule is Cc1cc(N)c(C)c(S(=O)(=O)NCC2(C3CC3)CC2)c1. The van der Waals surface area contributed by atoms with Gasteiger partial charge in [0.15, 0.2) is 0 Å². The van der Waals surface area contributed by atoms with Crippen LogP contribution in [0.5, 0.6) is 0 Å². The first-order valence-electron chi connectivity index (χ1n) is 7.20. The maximum Gasteiger partial charge on any atom is 0.240 e. The summed E-state index contributed by atoms with van der Waals surface area (Å²) in [5, 5.41) is 0. The molecule has 5 heteroatoms. The van der Waals surface area contributed by atoms with E-state index in [2.05, 4.69) is 4.72 Å². The lowest BCUT2D eigenvalue weighted by Crippen LogP contribution is -2.31. The van der Waals surface area contributed by atoms with Gasteiger partial charge < -0.3 is 5.73 Å². The number of anilines is 1. The van der Waals surface area contributed by atoms with Crippen LogP contribution in [0.1, 0.15) is 36.8 Å². The molecule has 2 aliphatic rings. The van der Waals surface area contributed by atoms with Gasteiger partial charge in [-0.25, -0.2) is 13.1 Å². The van der Waals surface area contributed by atoms with E-state index < -0.39 is 10.0 Å². The van der Waals surface area contributed by atoms with Gasteiger partial charge in [-0.1, -0.05) is 0 Å². The molecule has 110 valence electrons. The fourth-order valence-corrected chi connectivity index (χ4v) is 4.53. The molecule has 0 radical (unpaired) electrons. The lowest BCUT2D eigenvalue weighted by Gasteiger charge is -2.17. The highest BCUT2D eigenvalue weighted by atomic mass is 32.2. The van der Waals surface area contributed by atoms with Crippen molar-refractivity contribution >= 4 is 15.7 Å². The molecule has 0 atom stereocenters. The molecule has 2 aliphatic carbocycles. The molecular formula is C15H22N2O2S. The van der Waals surface area contributed by atoms with E-state index in [9.17, 15) is 8.42 Å². The smallest absolute Gasteiger partial charge is 0.240 e. The third-order valence-electron chi connectivity index (χ3n) is 4.78. The molecule has 0 aromatic heterocycles. The summed E-state index contributed by atoms with van der Waals surface area (Å²) in [5.74, 6) is 0.744. The number of aryl methyl sites for hydroxylation is 1. The maximum absolute atomic E-state index is 12.5. The molecule has 0 amide bonds. The Balaban J connectivity index is 1.81. The fraction of sp³-hybridized carbons (Fsp3) is 0.600. The van der Waals surface area contributed by atoms with Crippen LogP contribution in [0.2, 0.25) is 0 Å². The van der Waals surface area contributed by atoms with E-state index in [1.807, 2.05) is 6.92 Å². The lowest BCUT2D eigenvalue weighted by molar-refractivity contribution is 0.432. The van der Waals surface area contributed by atoms with E-state index in [1.54, 1.807) is 19.1 Å². The van der Waals surface area contributed by atoms with E-state index in [-0.39, 0.29) is 5.41 Å². The van der Waals surface area contributed by atoms with Gasteiger partial charge in [0.05, 0.1) is 4.90 Å². The van der Waals surface area contributed by atoms with Crippen molar-refractivity contribution in [1.29, 1.82) is 0 Å². The van der Waals surface area contributed by atoms with E-state index in [0.717, 1.165) is 24.3 Å². The van der Waals surface area contributed by atoms with Crippen LogP contribution in [0.4, 0.5) is 5.69 Å². The summed E-state index contributed by atoms with van der Waals surface area (Å²) in [5.41, 5.74) is 8.18. The summed E-state index contributed by atoms with van der Waals surface area (Å²) in [6.45, 7) is 4.20. The van der Waals surface area contributed by atoms with Crippen LogP contribution in [0.3, 0.4) is 0 Å². The zero-order chi connectivity index (χ0) is 14.5. The van der Waals surface area contributed by atoms with Gasteiger partial charge in [-0.2, -0.15) is 0 Å². The predicted molar refractivity (Wildman–Crippen MR) is 79.9 cm³/mol. The summed E-state index contributed by atoms with van der Waals surface area (Å²) in [7, 11) is -3.46. The average Bonchev–Trinajstić information content (AvgIpc) is 3.24. The highest BCUT2D eigenvalue weighted by Gasteiger charge is 2.53. The van der Waals surface area contributed by atoms with Crippen molar-refractivity contribution < 1.29 is 8.42 Å². The molecule has 0 heterocycles. The van der Waals surface area contributed by atoms with Gasteiger partial charge in [0.25, 0.3) is 0 Å². The molecule has 0 aliphatic heterocycles. The number of hydrogen-bond acceptors (Lipinski definition) is 3. The van der Waals surface area contributed by atoms with Crippen molar-refractivity contribution in [3.05, 3.63) is 23.3 Å². The van der Waals surface area contributed by atoms with Gasteiger partial charge in [0.2, 0.25) is 10.0 Å². The quantitative estimate of drug-likeness (QED) is 0.819. The first-order chi connectivity index (χ1) is 9.34. The monoisotopic (exact) mass is 294 g/mol. The normalized spacial score (nSPS) is 20.9. The molecule has 20 heavy (non-hydrogen) atoms. The number of nitrogens with one attached hydrogen (secondary N) is 1. The van der Waals surface area contributed by atoms with E-state index in [4.69, 9.17) is 5.73 Å². The van der Waals surface area contributed by atoms with Gasteiger partial charge in [0.1, 0.15) is 0 Å². The molecule has 0 bridgehead atoms. The van der Waals surface area contributed by atoms with Gasteiger partial charge in [-0.05, 0) is 74.1 Å². The molecule has 0 spiro atoms. The molecule has 3 N–H and O–H groups in total. The van der Waals surface area contributed by atoms with E-state index in [0.29, 0.717) is 22.7 Å².